The van der Waals surface area contributed by atoms with Crippen LogP contribution in [-0.4, -0.2) is 51.4 Å². The molecule has 5 aromatic rings. The van der Waals surface area contributed by atoms with Crippen molar-refractivity contribution in [2.75, 3.05) is 19.5 Å². The summed E-state index contributed by atoms with van der Waals surface area (Å²) in [5, 5.41) is 4.57. The van der Waals surface area contributed by atoms with Crippen LogP contribution in [0.1, 0.15) is 58.7 Å². The molecule has 0 saturated carbocycles. The molecule has 1 aliphatic heterocycles. The fourth-order valence-corrected chi connectivity index (χ4v) is 7.71. The van der Waals surface area contributed by atoms with Crippen molar-refractivity contribution in [3.63, 3.8) is 0 Å². The number of aryl methyl sites for hydroxylation is 1. The molecular weight excluding hydrogens is 671 g/mol. The van der Waals surface area contributed by atoms with Crippen LogP contribution in [0.3, 0.4) is 0 Å². The van der Waals surface area contributed by atoms with Crippen molar-refractivity contribution in [3.8, 4) is 11.6 Å². The molecule has 3 heterocycles. The Morgan fingerprint density at radius 1 is 1.04 bits per heavy atom. The van der Waals surface area contributed by atoms with Crippen LogP contribution < -0.4 is 20.1 Å². The number of nitrogens with one attached hydrogen (secondary N) is 1. The van der Waals surface area contributed by atoms with Crippen molar-refractivity contribution in [2.24, 2.45) is 11.8 Å². The summed E-state index contributed by atoms with van der Waals surface area (Å²) in [6, 6.07) is 21.4. The van der Waals surface area contributed by atoms with Gasteiger partial charge in [0.15, 0.2) is 11.2 Å². The van der Waals surface area contributed by atoms with Crippen LogP contribution in [0, 0.1) is 18.8 Å². The second-order valence-corrected chi connectivity index (χ2v) is 14.2. The molecular formula is C37H47N6O7P. The lowest BCUT2D eigenvalue weighted by molar-refractivity contribution is -0.148. The van der Waals surface area contributed by atoms with Crippen LogP contribution in [0.4, 0.5) is 5.95 Å². The maximum Gasteiger partial charge on any atom is 0.459 e. The summed E-state index contributed by atoms with van der Waals surface area (Å²) in [5.74, 6) is 0.424. The maximum absolute atomic E-state index is 14.7. The van der Waals surface area contributed by atoms with Crippen molar-refractivity contribution < 1.29 is 32.6 Å². The van der Waals surface area contributed by atoms with E-state index >= 15 is 0 Å². The van der Waals surface area contributed by atoms with Gasteiger partial charge in [0.1, 0.15) is 30.5 Å². The number of nitrogens with zero attached hydrogens (tertiary/aromatic N) is 4. The van der Waals surface area contributed by atoms with Crippen LogP contribution in [0.2, 0.25) is 0 Å². The van der Waals surface area contributed by atoms with E-state index in [-0.39, 0.29) is 36.9 Å². The minimum absolute atomic E-state index is 0.00501. The highest BCUT2D eigenvalue weighted by atomic mass is 31.2. The smallest absolute Gasteiger partial charge is 0.459 e. The average molecular weight is 719 g/mol. The van der Waals surface area contributed by atoms with E-state index in [4.69, 9.17) is 29.0 Å². The molecule has 3 N–H and O–H groups in total. The van der Waals surface area contributed by atoms with E-state index < -0.39 is 32.1 Å². The number of hydrogen-bond donors (Lipinski definition) is 2. The zero-order valence-corrected chi connectivity index (χ0v) is 31.0. The number of carbonyl (C=O) groups is 1. The van der Waals surface area contributed by atoms with Crippen LogP contribution >= 0.6 is 7.75 Å². The topological polar surface area (TPSA) is 162 Å². The molecule has 0 amide bonds. The predicted octanol–water partition coefficient (Wildman–Crippen LogP) is 7.39. The summed E-state index contributed by atoms with van der Waals surface area (Å²) in [6.07, 6.45) is -0.380. The normalized spacial score (nSPS) is 18.9. The molecule has 5 unspecified atom stereocenters. The van der Waals surface area contributed by atoms with E-state index in [1.165, 1.54) is 7.11 Å². The van der Waals surface area contributed by atoms with Crippen molar-refractivity contribution in [1.82, 2.24) is 24.6 Å². The van der Waals surface area contributed by atoms with Gasteiger partial charge in [0.25, 0.3) is 0 Å². The molecule has 13 nitrogen and oxygen atoms in total. The number of carbonyl (C=O) groups excluding carboxylic acids is 1. The Kier molecular flexibility index (Phi) is 12.3. The quantitative estimate of drug-likeness (QED) is 0.0919. The van der Waals surface area contributed by atoms with Gasteiger partial charge in [0, 0.05) is 11.3 Å². The number of anilines is 1. The third-order valence-corrected chi connectivity index (χ3v) is 9.96. The fourth-order valence-electron chi connectivity index (χ4n) is 6.00. The summed E-state index contributed by atoms with van der Waals surface area (Å²) in [4.78, 5) is 26.6. The van der Waals surface area contributed by atoms with Gasteiger partial charge in [0.05, 0.1) is 19.8 Å². The average Bonchev–Trinajstić information content (AvgIpc) is 3.66. The number of ether oxygens (including phenoxy) is 3. The first-order valence-electron chi connectivity index (χ1n) is 17.2. The third kappa shape index (κ3) is 8.68. The summed E-state index contributed by atoms with van der Waals surface area (Å²) in [7, 11) is -2.73. The predicted molar refractivity (Wildman–Crippen MR) is 196 cm³/mol. The molecule has 2 aromatic heterocycles. The lowest BCUT2D eigenvalue weighted by Crippen LogP contribution is -2.41. The highest BCUT2D eigenvalue weighted by Crippen LogP contribution is 2.48. The molecule has 5 atom stereocenters. The van der Waals surface area contributed by atoms with E-state index in [2.05, 4.69) is 20.0 Å². The number of nitrogen functional groups attached to an aromatic ring is 1. The number of hydrogen-bond acceptors (Lipinski definition) is 11. The second-order valence-electron chi connectivity index (χ2n) is 12.5. The Bertz CT molecular complexity index is 1980. The van der Waals surface area contributed by atoms with E-state index in [1.807, 2.05) is 113 Å². The number of fused-ring (bicyclic) bond motifs is 2. The zero-order valence-electron chi connectivity index (χ0n) is 30.1. The van der Waals surface area contributed by atoms with Crippen molar-refractivity contribution >= 4 is 41.6 Å². The molecule has 51 heavy (non-hydrogen) atoms. The lowest BCUT2D eigenvalue weighted by Gasteiger charge is -2.27. The highest BCUT2D eigenvalue weighted by molar-refractivity contribution is 7.52. The van der Waals surface area contributed by atoms with Crippen LogP contribution in [-0.2, 0) is 30.0 Å². The molecule has 14 heteroatoms. The Labute approximate surface area is 298 Å². The molecule has 1 aliphatic rings. The first-order valence-corrected chi connectivity index (χ1v) is 18.7. The summed E-state index contributed by atoms with van der Waals surface area (Å²) >= 11 is 0. The largest absolute Gasteiger partial charge is 0.479 e. The highest BCUT2D eigenvalue weighted by Gasteiger charge is 2.41. The van der Waals surface area contributed by atoms with E-state index in [1.54, 1.807) is 6.07 Å². The number of rotatable bonds is 13. The first-order chi connectivity index (χ1) is 24.5. The minimum Gasteiger partial charge on any atom is -0.479 e. The van der Waals surface area contributed by atoms with Crippen molar-refractivity contribution in [1.29, 1.82) is 0 Å². The van der Waals surface area contributed by atoms with E-state index in [0.717, 1.165) is 16.3 Å². The number of benzene rings is 3. The SMILES string of the molecule is CC.COc1nc(N)nc2c1nc(C)n2C1OC(COP(=O)(NC(C(=O)OCc2ccccc2)C(C)C)Oc2cccc3ccccc23)CC1C. The Hall–Kier alpha value is -4.55. The van der Waals surface area contributed by atoms with Gasteiger partial charge in [-0.1, -0.05) is 101 Å². The molecule has 3 aromatic carbocycles. The third-order valence-electron chi connectivity index (χ3n) is 8.44. The minimum atomic E-state index is -4.23. The molecule has 0 radical (unpaired) electrons. The molecule has 1 saturated heterocycles. The maximum atomic E-state index is 14.7. The van der Waals surface area contributed by atoms with Gasteiger partial charge in [-0.15, -0.1) is 0 Å². The second kappa shape index (κ2) is 16.6. The standard InChI is InChI=1S/C35H41N6O7P.C2H6/c1-21(2)29(34(42)45-19-24-12-7-6-8-13-24)40-49(43,48-28-17-11-15-25-14-9-10-16-27(25)28)46-20-26-18-22(3)33(47-26)41-23(4)37-30-31(41)38-35(36)39-32(30)44-5;1-2/h6-17,21-22,26,29,33H,18-20H2,1-5H3,(H,40,43)(H2,36,38,39);1-2H3. The molecule has 1 fully saturated rings. The summed E-state index contributed by atoms with van der Waals surface area (Å²) < 4.78 is 46.5. The lowest BCUT2D eigenvalue weighted by atomic mass is 10.1. The number of nitrogens with two attached hydrogens (primary N) is 1. The van der Waals surface area contributed by atoms with Gasteiger partial charge in [-0.05, 0) is 36.3 Å². The van der Waals surface area contributed by atoms with Gasteiger partial charge in [-0.2, -0.15) is 15.1 Å². The number of methoxy groups -OCH3 is 1. The van der Waals surface area contributed by atoms with Crippen molar-refractivity contribution in [3.05, 3.63) is 84.2 Å². The molecule has 0 aliphatic carbocycles. The summed E-state index contributed by atoms with van der Waals surface area (Å²) in [6.45, 7) is 11.5. The van der Waals surface area contributed by atoms with Crippen LogP contribution in [0.25, 0.3) is 21.9 Å². The van der Waals surface area contributed by atoms with E-state index in [9.17, 15) is 9.36 Å². The zero-order chi connectivity index (χ0) is 36.7. The molecule has 0 bridgehead atoms. The van der Waals surface area contributed by atoms with Gasteiger partial charge in [0.2, 0.25) is 11.8 Å². The Balaban J connectivity index is 0.00000248. The first kappa shape index (κ1) is 37.7. The van der Waals surface area contributed by atoms with Gasteiger partial charge in [-0.3, -0.25) is 13.9 Å². The Morgan fingerprint density at radius 3 is 2.47 bits per heavy atom. The van der Waals surface area contributed by atoms with Crippen molar-refractivity contribution in [2.45, 2.75) is 72.9 Å². The molecule has 272 valence electrons. The Morgan fingerprint density at radius 2 is 1.75 bits per heavy atom. The van der Waals surface area contributed by atoms with Gasteiger partial charge in [-0.25, -0.2) is 9.55 Å². The van der Waals surface area contributed by atoms with E-state index in [0.29, 0.717) is 29.2 Å². The number of esters is 1. The van der Waals surface area contributed by atoms with Crippen LogP contribution in [0.5, 0.6) is 11.6 Å². The number of aromatic nitrogens is 4. The summed E-state index contributed by atoms with van der Waals surface area (Å²) in [5.41, 5.74) is 7.77. The van der Waals surface area contributed by atoms with Crippen LogP contribution in [0.15, 0.2) is 72.8 Å². The number of imidazole rings is 1. The van der Waals surface area contributed by atoms with Gasteiger partial charge >= 0.3 is 13.7 Å². The fraction of sp³-hybridized carbons (Fsp3) is 0.405. The molecule has 6 rings (SSSR count). The van der Waals surface area contributed by atoms with Gasteiger partial charge < -0.3 is 24.5 Å². The monoisotopic (exact) mass is 718 g/mol. The molecule has 0 spiro atoms.